The fourth-order valence-corrected chi connectivity index (χ4v) is 5.80. The fourth-order valence-electron chi connectivity index (χ4n) is 3.10. The van der Waals surface area contributed by atoms with Gasteiger partial charge in [-0.05, 0) is 68.8 Å². The van der Waals surface area contributed by atoms with Gasteiger partial charge in [0.05, 0.1) is 17.0 Å². The molecular weight excluding hydrogens is 342 g/mol. The number of nitrogens with zero attached hydrogens (tertiary/aromatic N) is 1. The summed E-state index contributed by atoms with van der Waals surface area (Å²) in [6.07, 6.45) is 1.84. The van der Waals surface area contributed by atoms with Gasteiger partial charge in [-0.15, -0.1) is 11.3 Å². The lowest BCUT2D eigenvalue weighted by molar-refractivity contribution is 0.240. The second-order valence-corrected chi connectivity index (χ2v) is 9.25. The molecule has 1 aliphatic rings. The van der Waals surface area contributed by atoms with E-state index in [1.165, 1.54) is 0 Å². The van der Waals surface area contributed by atoms with Crippen LogP contribution in [0.4, 0.5) is 0 Å². The molecule has 0 N–H and O–H groups in total. The van der Waals surface area contributed by atoms with Crippen molar-refractivity contribution in [3.63, 3.8) is 0 Å². The Labute approximate surface area is 148 Å². The van der Waals surface area contributed by atoms with E-state index in [2.05, 4.69) is 0 Å². The van der Waals surface area contributed by atoms with Crippen LogP contribution in [0.1, 0.15) is 43.2 Å². The lowest BCUT2D eigenvalue weighted by Gasteiger charge is -2.24. The van der Waals surface area contributed by atoms with Crippen molar-refractivity contribution >= 4 is 21.4 Å². The Morgan fingerprint density at radius 2 is 2.08 bits per heavy atom. The fraction of sp³-hybridized carbons (Fsp3) is 0.444. The van der Waals surface area contributed by atoms with Crippen LogP contribution < -0.4 is 4.74 Å². The third-order valence-electron chi connectivity index (χ3n) is 4.19. The molecule has 0 saturated carbocycles. The van der Waals surface area contributed by atoms with Gasteiger partial charge >= 0.3 is 0 Å². The van der Waals surface area contributed by atoms with Gasteiger partial charge in [0.1, 0.15) is 5.75 Å². The van der Waals surface area contributed by atoms with E-state index in [0.29, 0.717) is 11.4 Å². The summed E-state index contributed by atoms with van der Waals surface area (Å²) >= 11 is 1.62. The summed E-state index contributed by atoms with van der Waals surface area (Å²) in [7, 11) is -3.50. The van der Waals surface area contributed by atoms with Gasteiger partial charge in [-0.2, -0.15) is 4.31 Å². The molecular formula is C18H23NO3S2. The van der Waals surface area contributed by atoms with Crippen molar-refractivity contribution in [3.8, 4) is 5.75 Å². The van der Waals surface area contributed by atoms with Crippen LogP contribution in [0.25, 0.3) is 0 Å². The lowest BCUT2D eigenvalue weighted by Crippen LogP contribution is -2.30. The zero-order valence-corrected chi connectivity index (χ0v) is 15.9. The summed E-state index contributed by atoms with van der Waals surface area (Å²) in [4.78, 5) is 1.46. The average molecular weight is 366 g/mol. The quantitative estimate of drug-likeness (QED) is 0.790. The third-order valence-corrected chi connectivity index (χ3v) is 7.07. The molecule has 1 aromatic carbocycles. The van der Waals surface area contributed by atoms with Crippen LogP contribution in [0.5, 0.6) is 5.75 Å². The van der Waals surface area contributed by atoms with E-state index >= 15 is 0 Å². The largest absolute Gasteiger partial charge is 0.491 e. The van der Waals surface area contributed by atoms with Gasteiger partial charge < -0.3 is 4.74 Å². The molecule has 3 rings (SSSR count). The molecule has 1 saturated heterocycles. The summed E-state index contributed by atoms with van der Waals surface area (Å²) in [6, 6.07) is 9.10. The number of hydrogen-bond acceptors (Lipinski definition) is 4. The lowest BCUT2D eigenvalue weighted by atomic mass is 10.2. The standard InChI is InChI=1S/C18H23NO3S2/c1-13(2)22-17-9-8-15(12-14(17)3)24(20,21)19-10-4-6-16(19)18-7-5-11-23-18/h5,7-9,11-13,16H,4,6,10H2,1-3H3. The predicted octanol–water partition coefficient (Wildman–Crippen LogP) is 4.37. The van der Waals surface area contributed by atoms with Crippen LogP contribution in [0, 0.1) is 6.92 Å². The highest BCUT2D eigenvalue weighted by Crippen LogP contribution is 2.38. The van der Waals surface area contributed by atoms with E-state index in [1.807, 2.05) is 38.3 Å². The first-order chi connectivity index (χ1) is 11.4. The molecule has 1 aromatic heterocycles. The van der Waals surface area contributed by atoms with Gasteiger partial charge in [0.15, 0.2) is 0 Å². The summed E-state index contributed by atoms with van der Waals surface area (Å²) in [5.74, 6) is 0.736. The molecule has 130 valence electrons. The zero-order valence-electron chi connectivity index (χ0n) is 14.2. The van der Waals surface area contributed by atoms with E-state index in [1.54, 1.807) is 33.8 Å². The van der Waals surface area contributed by atoms with Gasteiger partial charge in [-0.25, -0.2) is 8.42 Å². The number of benzene rings is 1. The van der Waals surface area contributed by atoms with Crippen LogP contribution >= 0.6 is 11.3 Å². The van der Waals surface area contributed by atoms with E-state index in [4.69, 9.17) is 4.74 Å². The first kappa shape index (κ1) is 17.5. The molecule has 0 amide bonds. The van der Waals surface area contributed by atoms with Gasteiger partial charge in [0, 0.05) is 11.4 Å². The Bertz CT molecular complexity index is 798. The van der Waals surface area contributed by atoms with Crippen molar-refractivity contribution in [1.82, 2.24) is 4.31 Å². The normalized spacial score (nSPS) is 19.1. The number of aryl methyl sites for hydroxylation is 1. The van der Waals surface area contributed by atoms with Gasteiger partial charge in [0.2, 0.25) is 10.0 Å². The molecule has 4 nitrogen and oxygen atoms in total. The van der Waals surface area contributed by atoms with E-state index in [-0.39, 0.29) is 12.1 Å². The third kappa shape index (κ3) is 3.36. The monoisotopic (exact) mass is 365 g/mol. The first-order valence-electron chi connectivity index (χ1n) is 8.22. The second kappa shape index (κ2) is 6.86. The molecule has 24 heavy (non-hydrogen) atoms. The van der Waals surface area contributed by atoms with Crippen LogP contribution in [0.3, 0.4) is 0 Å². The molecule has 1 fully saturated rings. The van der Waals surface area contributed by atoms with Crippen LogP contribution in [0.15, 0.2) is 40.6 Å². The highest BCUT2D eigenvalue weighted by atomic mass is 32.2. The maximum atomic E-state index is 13.1. The molecule has 6 heteroatoms. The summed E-state index contributed by atoms with van der Waals surface area (Å²) in [5, 5.41) is 2.00. The Balaban J connectivity index is 1.91. The predicted molar refractivity (Wildman–Crippen MR) is 97.1 cm³/mol. The minimum absolute atomic E-state index is 0.0399. The molecule has 0 spiro atoms. The van der Waals surface area contributed by atoms with Gasteiger partial charge in [0.25, 0.3) is 0 Å². The molecule has 2 heterocycles. The van der Waals surface area contributed by atoms with E-state index in [0.717, 1.165) is 29.0 Å². The molecule has 1 aliphatic heterocycles. The molecule has 0 radical (unpaired) electrons. The van der Waals surface area contributed by atoms with Gasteiger partial charge in [-0.1, -0.05) is 6.07 Å². The number of sulfonamides is 1. The molecule has 0 bridgehead atoms. The van der Waals surface area contributed by atoms with Crippen molar-refractivity contribution in [2.75, 3.05) is 6.54 Å². The summed E-state index contributed by atoms with van der Waals surface area (Å²) in [5.41, 5.74) is 0.844. The SMILES string of the molecule is Cc1cc(S(=O)(=O)N2CCCC2c2cccs2)ccc1OC(C)C. The number of rotatable bonds is 5. The first-order valence-corrected chi connectivity index (χ1v) is 10.5. The Kier molecular flexibility index (Phi) is 4.99. The second-order valence-electron chi connectivity index (χ2n) is 6.38. The number of thiophene rings is 1. The summed E-state index contributed by atoms with van der Waals surface area (Å²) in [6.45, 7) is 6.38. The van der Waals surface area contributed by atoms with Crippen LogP contribution in [-0.4, -0.2) is 25.4 Å². The van der Waals surface area contributed by atoms with Crippen LogP contribution in [-0.2, 0) is 10.0 Å². The number of hydrogen-bond donors (Lipinski definition) is 0. The molecule has 2 aromatic rings. The van der Waals surface area contributed by atoms with Crippen LogP contribution in [0.2, 0.25) is 0 Å². The van der Waals surface area contributed by atoms with E-state index in [9.17, 15) is 8.42 Å². The van der Waals surface area contributed by atoms with Gasteiger partial charge in [-0.3, -0.25) is 0 Å². The van der Waals surface area contributed by atoms with E-state index < -0.39 is 10.0 Å². The topological polar surface area (TPSA) is 46.6 Å². The summed E-state index contributed by atoms with van der Waals surface area (Å²) < 4.78 is 33.6. The average Bonchev–Trinajstić information content (AvgIpc) is 3.19. The minimum Gasteiger partial charge on any atom is -0.491 e. The van der Waals surface area contributed by atoms with Crippen molar-refractivity contribution in [3.05, 3.63) is 46.2 Å². The minimum atomic E-state index is -3.50. The van der Waals surface area contributed by atoms with Crippen molar-refractivity contribution < 1.29 is 13.2 Å². The van der Waals surface area contributed by atoms with Crippen molar-refractivity contribution in [2.45, 2.75) is 50.7 Å². The highest BCUT2D eigenvalue weighted by Gasteiger charge is 2.36. The van der Waals surface area contributed by atoms with Crippen molar-refractivity contribution in [2.24, 2.45) is 0 Å². The smallest absolute Gasteiger partial charge is 0.243 e. The Morgan fingerprint density at radius 1 is 1.29 bits per heavy atom. The maximum absolute atomic E-state index is 13.1. The Morgan fingerprint density at radius 3 is 2.71 bits per heavy atom. The highest BCUT2D eigenvalue weighted by molar-refractivity contribution is 7.89. The molecule has 1 unspecified atom stereocenters. The molecule has 1 atom stereocenters. The van der Waals surface area contributed by atoms with Crippen molar-refractivity contribution in [1.29, 1.82) is 0 Å². The molecule has 0 aliphatic carbocycles. The Hall–Kier alpha value is -1.37. The maximum Gasteiger partial charge on any atom is 0.243 e. The number of ether oxygens (including phenoxy) is 1. The zero-order chi connectivity index (χ0) is 17.3.